The van der Waals surface area contributed by atoms with E-state index < -0.39 is 11.8 Å². The molecule has 0 amide bonds. The number of aliphatic carboxylic acids is 1. The van der Waals surface area contributed by atoms with Crippen molar-refractivity contribution in [1.82, 2.24) is 0 Å². The van der Waals surface area contributed by atoms with Crippen LogP contribution < -0.4 is 4.74 Å². The van der Waals surface area contributed by atoms with Crippen LogP contribution in [0.5, 0.6) is 11.5 Å². The first kappa shape index (κ1) is 14.3. The second-order valence-corrected chi connectivity index (χ2v) is 4.83. The Morgan fingerprint density at radius 3 is 2.55 bits per heavy atom. The number of rotatable bonds is 4. The van der Waals surface area contributed by atoms with E-state index in [4.69, 9.17) is 9.84 Å². The zero-order chi connectivity index (χ0) is 14.5. The molecule has 0 saturated carbocycles. The van der Waals surface area contributed by atoms with Crippen LogP contribution in [0.1, 0.15) is 5.56 Å². The molecule has 0 unspecified atom stereocenters. The van der Waals surface area contributed by atoms with E-state index in [9.17, 15) is 9.18 Å². The Morgan fingerprint density at radius 1 is 1.20 bits per heavy atom. The van der Waals surface area contributed by atoms with Gasteiger partial charge in [0.1, 0.15) is 5.75 Å². The summed E-state index contributed by atoms with van der Waals surface area (Å²) in [5.74, 6) is -0.882. The summed E-state index contributed by atoms with van der Waals surface area (Å²) in [5.41, 5.74) is 0.717. The van der Waals surface area contributed by atoms with Crippen molar-refractivity contribution in [2.75, 3.05) is 0 Å². The second kappa shape index (κ2) is 6.34. The van der Waals surface area contributed by atoms with Crippen LogP contribution in [0.3, 0.4) is 0 Å². The molecule has 0 bridgehead atoms. The van der Waals surface area contributed by atoms with E-state index in [-0.39, 0.29) is 5.75 Å². The molecule has 0 aliphatic carbocycles. The summed E-state index contributed by atoms with van der Waals surface area (Å²) < 4.78 is 19.7. The third kappa shape index (κ3) is 3.93. The molecule has 0 aliphatic rings. The zero-order valence-electron chi connectivity index (χ0n) is 10.2. The number of halogens is 2. The highest BCUT2D eigenvalue weighted by Gasteiger charge is 2.05. The van der Waals surface area contributed by atoms with Crippen LogP contribution in [-0.2, 0) is 4.79 Å². The Hall–Kier alpha value is -2.14. The van der Waals surface area contributed by atoms with E-state index in [1.165, 1.54) is 18.2 Å². The van der Waals surface area contributed by atoms with Crippen molar-refractivity contribution in [2.45, 2.75) is 0 Å². The maximum Gasteiger partial charge on any atom is 0.328 e. The number of carboxylic acids is 1. The second-order valence-electron chi connectivity index (χ2n) is 3.92. The van der Waals surface area contributed by atoms with Gasteiger partial charge in [0.2, 0.25) is 0 Å². The molecule has 0 aliphatic heterocycles. The molecule has 0 fully saturated rings. The van der Waals surface area contributed by atoms with Crippen molar-refractivity contribution >= 4 is 28.0 Å². The Morgan fingerprint density at radius 2 is 1.90 bits per heavy atom. The maximum absolute atomic E-state index is 13.5. The molecule has 2 aromatic rings. The Balaban J connectivity index is 2.14. The van der Waals surface area contributed by atoms with Gasteiger partial charge in [-0.1, -0.05) is 28.1 Å². The summed E-state index contributed by atoms with van der Waals surface area (Å²) in [5, 5.41) is 8.52. The van der Waals surface area contributed by atoms with E-state index in [0.717, 1.165) is 16.1 Å². The lowest BCUT2D eigenvalue weighted by Gasteiger charge is -2.07. The molecule has 1 N–H and O–H groups in total. The van der Waals surface area contributed by atoms with E-state index in [1.54, 1.807) is 30.3 Å². The third-order valence-corrected chi connectivity index (χ3v) is 2.91. The zero-order valence-corrected chi connectivity index (χ0v) is 11.8. The average molecular weight is 337 g/mol. The fourth-order valence-electron chi connectivity index (χ4n) is 1.50. The molecule has 0 atom stereocenters. The van der Waals surface area contributed by atoms with Crippen LogP contribution in [0, 0.1) is 5.82 Å². The molecule has 5 heteroatoms. The van der Waals surface area contributed by atoms with E-state index >= 15 is 0 Å². The van der Waals surface area contributed by atoms with Gasteiger partial charge in [-0.25, -0.2) is 9.18 Å². The monoisotopic (exact) mass is 336 g/mol. The lowest BCUT2D eigenvalue weighted by atomic mass is 10.2. The van der Waals surface area contributed by atoms with Crippen molar-refractivity contribution in [2.24, 2.45) is 0 Å². The summed E-state index contributed by atoms with van der Waals surface area (Å²) in [4.78, 5) is 10.4. The fraction of sp³-hybridized carbons (Fsp3) is 0. The van der Waals surface area contributed by atoms with Gasteiger partial charge < -0.3 is 9.84 Å². The molecule has 0 aromatic heterocycles. The topological polar surface area (TPSA) is 46.5 Å². The highest BCUT2D eigenvalue weighted by Crippen LogP contribution is 2.27. The van der Waals surface area contributed by atoms with Crippen LogP contribution in [-0.4, -0.2) is 11.1 Å². The number of carbonyl (C=O) groups is 1. The lowest BCUT2D eigenvalue weighted by molar-refractivity contribution is -0.131. The molecule has 2 aromatic carbocycles. The molecule has 2 rings (SSSR count). The molecule has 102 valence electrons. The van der Waals surface area contributed by atoms with Crippen LogP contribution in [0.25, 0.3) is 6.08 Å². The van der Waals surface area contributed by atoms with Gasteiger partial charge in [0.15, 0.2) is 11.6 Å². The SMILES string of the molecule is O=C(O)/C=C/c1ccc(Oc2cc(Br)ccc2F)cc1. The van der Waals surface area contributed by atoms with Crippen LogP contribution in [0.2, 0.25) is 0 Å². The van der Waals surface area contributed by atoms with E-state index in [0.29, 0.717) is 5.75 Å². The van der Waals surface area contributed by atoms with Gasteiger partial charge in [0.05, 0.1) is 0 Å². The Kier molecular flexibility index (Phi) is 4.53. The number of hydrogen-bond donors (Lipinski definition) is 1. The van der Waals surface area contributed by atoms with Crippen molar-refractivity contribution in [3.05, 3.63) is 64.4 Å². The van der Waals surface area contributed by atoms with Crippen molar-refractivity contribution in [3.63, 3.8) is 0 Å². The minimum atomic E-state index is -1.01. The van der Waals surface area contributed by atoms with Gasteiger partial charge in [-0.05, 0) is 42.0 Å². The van der Waals surface area contributed by atoms with E-state index in [2.05, 4.69) is 15.9 Å². The molecular weight excluding hydrogens is 327 g/mol. The van der Waals surface area contributed by atoms with Crippen LogP contribution in [0.4, 0.5) is 4.39 Å². The summed E-state index contributed by atoms with van der Waals surface area (Å²) in [7, 11) is 0. The molecule has 20 heavy (non-hydrogen) atoms. The Labute approximate surface area is 123 Å². The van der Waals surface area contributed by atoms with Gasteiger partial charge in [-0.3, -0.25) is 0 Å². The summed E-state index contributed by atoms with van der Waals surface area (Å²) in [6.45, 7) is 0. The smallest absolute Gasteiger partial charge is 0.328 e. The predicted octanol–water partition coefficient (Wildman–Crippen LogP) is 4.48. The maximum atomic E-state index is 13.5. The quantitative estimate of drug-likeness (QED) is 0.837. The molecule has 0 radical (unpaired) electrons. The number of carboxylic acid groups (broad SMARTS) is 1. The van der Waals surface area contributed by atoms with Crippen LogP contribution in [0.15, 0.2) is 53.0 Å². The number of hydrogen-bond acceptors (Lipinski definition) is 2. The predicted molar refractivity (Wildman–Crippen MR) is 77.3 cm³/mol. The minimum Gasteiger partial charge on any atom is -0.478 e. The largest absolute Gasteiger partial charge is 0.478 e. The van der Waals surface area contributed by atoms with Crippen molar-refractivity contribution in [3.8, 4) is 11.5 Å². The third-order valence-electron chi connectivity index (χ3n) is 2.42. The van der Waals surface area contributed by atoms with Gasteiger partial charge in [0, 0.05) is 10.5 Å². The fourth-order valence-corrected chi connectivity index (χ4v) is 1.84. The Bertz CT molecular complexity index is 651. The first-order chi connectivity index (χ1) is 9.54. The summed E-state index contributed by atoms with van der Waals surface area (Å²) in [6, 6.07) is 11.1. The number of ether oxygens (including phenoxy) is 1. The lowest BCUT2D eigenvalue weighted by Crippen LogP contribution is -1.89. The first-order valence-electron chi connectivity index (χ1n) is 5.68. The molecule has 0 saturated heterocycles. The van der Waals surface area contributed by atoms with Gasteiger partial charge in [-0.2, -0.15) is 0 Å². The summed E-state index contributed by atoms with van der Waals surface area (Å²) >= 11 is 3.24. The van der Waals surface area contributed by atoms with Gasteiger partial charge in [-0.15, -0.1) is 0 Å². The average Bonchev–Trinajstić information content (AvgIpc) is 2.42. The van der Waals surface area contributed by atoms with Crippen molar-refractivity contribution in [1.29, 1.82) is 0 Å². The first-order valence-corrected chi connectivity index (χ1v) is 6.48. The van der Waals surface area contributed by atoms with Gasteiger partial charge in [0.25, 0.3) is 0 Å². The summed E-state index contributed by atoms with van der Waals surface area (Å²) in [6.07, 6.45) is 2.51. The standard InChI is InChI=1S/C15H10BrFO3/c16-11-4-7-13(17)14(9-11)20-12-5-1-10(2-6-12)3-8-15(18)19/h1-9H,(H,18,19)/b8-3+. The van der Waals surface area contributed by atoms with Crippen molar-refractivity contribution < 1.29 is 19.0 Å². The minimum absolute atomic E-state index is 0.119. The molecule has 3 nitrogen and oxygen atoms in total. The molecule has 0 spiro atoms. The molecular formula is C15H10BrFO3. The highest BCUT2D eigenvalue weighted by atomic mass is 79.9. The normalized spacial score (nSPS) is 10.7. The molecule has 0 heterocycles. The van der Waals surface area contributed by atoms with Gasteiger partial charge >= 0.3 is 5.97 Å². The van der Waals surface area contributed by atoms with E-state index in [1.807, 2.05) is 0 Å². The highest BCUT2D eigenvalue weighted by molar-refractivity contribution is 9.10. The number of benzene rings is 2. The van der Waals surface area contributed by atoms with Crippen LogP contribution >= 0.6 is 15.9 Å².